The van der Waals surface area contributed by atoms with Crippen LogP contribution in [0.5, 0.6) is 0 Å². The van der Waals surface area contributed by atoms with Crippen molar-refractivity contribution in [3.63, 3.8) is 0 Å². The Morgan fingerprint density at radius 1 is 1.53 bits per heavy atom. The summed E-state index contributed by atoms with van der Waals surface area (Å²) in [6.07, 6.45) is 1.14. The minimum absolute atomic E-state index is 0.122. The molecule has 1 aromatic rings. The molecule has 3 nitrogen and oxygen atoms in total. The van der Waals surface area contributed by atoms with Gasteiger partial charge in [0.15, 0.2) is 0 Å². The van der Waals surface area contributed by atoms with Gasteiger partial charge in [-0.05, 0) is 41.1 Å². The van der Waals surface area contributed by atoms with E-state index in [1.165, 1.54) is 0 Å². The Morgan fingerprint density at radius 3 is 3.00 bits per heavy atom. The van der Waals surface area contributed by atoms with Crippen LogP contribution in [0.15, 0.2) is 24.3 Å². The third kappa shape index (κ3) is 2.98. The zero-order valence-corrected chi connectivity index (χ0v) is 12.0. The number of amides is 1. The summed E-state index contributed by atoms with van der Waals surface area (Å²) in [7, 11) is 0. The van der Waals surface area contributed by atoms with Crippen LogP contribution in [0.4, 0.5) is 0 Å². The van der Waals surface area contributed by atoms with Gasteiger partial charge in [0, 0.05) is 16.7 Å². The fourth-order valence-corrected chi connectivity index (χ4v) is 2.57. The van der Waals surface area contributed by atoms with Crippen LogP contribution in [-0.4, -0.2) is 36.6 Å². The van der Waals surface area contributed by atoms with Gasteiger partial charge in [-0.3, -0.25) is 4.79 Å². The molecule has 92 valence electrons. The summed E-state index contributed by atoms with van der Waals surface area (Å²) >= 11 is 2.21. The van der Waals surface area contributed by atoms with Gasteiger partial charge in [0.2, 0.25) is 0 Å². The third-order valence-electron chi connectivity index (χ3n) is 2.99. The highest BCUT2D eigenvalue weighted by atomic mass is 127. The van der Waals surface area contributed by atoms with E-state index in [9.17, 15) is 4.79 Å². The highest BCUT2D eigenvalue weighted by Crippen LogP contribution is 2.16. The van der Waals surface area contributed by atoms with Gasteiger partial charge in [-0.1, -0.05) is 19.1 Å². The maximum Gasteiger partial charge on any atom is 0.255 e. The molecule has 0 aromatic heterocycles. The Balaban J connectivity index is 2.12. The summed E-state index contributed by atoms with van der Waals surface area (Å²) < 4.78 is 6.59. The average molecular weight is 345 g/mol. The summed E-state index contributed by atoms with van der Waals surface area (Å²) in [5, 5.41) is 0. The minimum atomic E-state index is 0.122. The molecule has 1 fully saturated rings. The number of carbonyl (C=O) groups is 1. The first-order valence-electron chi connectivity index (χ1n) is 5.87. The number of halogens is 1. The lowest BCUT2D eigenvalue weighted by Gasteiger charge is -2.32. The standard InChI is InChI=1S/C13H16INO2/c1-2-10-9-15(7-8-17-10)13(16)11-5-3-4-6-12(11)14/h3-6,10H,2,7-9H2,1H3. The Kier molecular flexibility index (Phi) is 4.39. The van der Waals surface area contributed by atoms with Gasteiger partial charge in [-0.25, -0.2) is 0 Å². The molecule has 1 heterocycles. The molecule has 1 aliphatic rings. The monoisotopic (exact) mass is 345 g/mol. The Hall–Kier alpha value is -0.620. The molecular formula is C13H16INO2. The molecule has 4 heteroatoms. The number of hydrogen-bond donors (Lipinski definition) is 0. The topological polar surface area (TPSA) is 29.5 Å². The van der Waals surface area contributed by atoms with E-state index < -0.39 is 0 Å². The first-order chi connectivity index (χ1) is 8.22. The minimum Gasteiger partial charge on any atom is -0.375 e. The molecule has 1 atom stereocenters. The van der Waals surface area contributed by atoms with Gasteiger partial charge in [-0.15, -0.1) is 0 Å². The number of ether oxygens (including phenoxy) is 1. The van der Waals surface area contributed by atoms with Crippen molar-refractivity contribution in [2.45, 2.75) is 19.4 Å². The number of hydrogen-bond acceptors (Lipinski definition) is 2. The van der Waals surface area contributed by atoms with Gasteiger partial charge in [0.05, 0.1) is 18.3 Å². The van der Waals surface area contributed by atoms with Crippen LogP contribution in [-0.2, 0) is 4.74 Å². The molecule has 2 rings (SSSR count). The first-order valence-corrected chi connectivity index (χ1v) is 6.95. The Bertz CT molecular complexity index is 408. The van der Waals surface area contributed by atoms with Crippen LogP contribution in [0.2, 0.25) is 0 Å². The van der Waals surface area contributed by atoms with Crippen molar-refractivity contribution in [2.75, 3.05) is 19.7 Å². The molecule has 0 radical (unpaired) electrons. The molecule has 1 saturated heterocycles. The second-order valence-corrected chi connectivity index (χ2v) is 5.29. The van der Waals surface area contributed by atoms with Crippen LogP contribution in [0.25, 0.3) is 0 Å². The van der Waals surface area contributed by atoms with Crippen LogP contribution in [0.1, 0.15) is 23.7 Å². The fraction of sp³-hybridized carbons (Fsp3) is 0.462. The quantitative estimate of drug-likeness (QED) is 0.771. The second kappa shape index (κ2) is 5.82. The van der Waals surface area contributed by atoms with E-state index in [1.807, 2.05) is 29.2 Å². The predicted molar refractivity (Wildman–Crippen MR) is 75.1 cm³/mol. The Morgan fingerprint density at radius 2 is 2.29 bits per heavy atom. The molecule has 0 bridgehead atoms. The normalized spacial score (nSPS) is 20.4. The lowest BCUT2D eigenvalue weighted by Crippen LogP contribution is -2.45. The van der Waals surface area contributed by atoms with Gasteiger partial charge in [-0.2, -0.15) is 0 Å². The van der Waals surface area contributed by atoms with Crippen molar-refractivity contribution in [1.82, 2.24) is 4.90 Å². The number of carbonyl (C=O) groups excluding carboxylic acids is 1. The number of rotatable bonds is 2. The number of morpholine rings is 1. The van der Waals surface area contributed by atoms with E-state index in [1.54, 1.807) is 0 Å². The molecule has 1 aliphatic heterocycles. The lowest BCUT2D eigenvalue weighted by molar-refractivity contribution is -0.0226. The van der Waals surface area contributed by atoms with E-state index in [-0.39, 0.29) is 12.0 Å². The van der Waals surface area contributed by atoms with Crippen LogP contribution in [0.3, 0.4) is 0 Å². The zero-order chi connectivity index (χ0) is 12.3. The van der Waals surface area contributed by atoms with Crippen molar-refractivity contribution >= 4 is 28.5 Å². The lowest BCUT2D eigenvalue weighted by atomic mass is 10.1. The molecular weight excluding hydrogens is 329 g/mol. The van der Waals surface area contributed by atoms with E-state index in [4.69, 9.17) is 4.74 Å². The average Bonchev–Trinajstić information content (AvgIpc) is 2.38. The molecule has 0 aliphatic carbocycles. The van der Waals surface area contributed by atoms with Crippen LogP contribution >= 0.6 is 22.6 Å². The second-order valence-electron chi connectivity index (χ2n) is 4.13. The predicted octanol–water partition coefficient (Wildman–Crippen LogP) is 2.54. The SMILES string of the molecule is CCC1CN(C(=O)c2ccccc2I)CCO1. The molecule has 17 heavy (non-hydrogen) atoms. The number of benzene rings is 1. The molecule has 0 spiro atoms. The largest absolute Gasteiger partial charge is 0.375 e. The summed E-state index contributed by atoms with van der Waals surface area (Å²) in [6.45, 7) is 4.14. The first kappa shape index (κ1) is 12.8. The van der Waals surface area contributed by atoms with E-state index >= 15 is 0 Å². The summed E-state index contributed by atoms with van der Waals surface area (Å²) in [5.74, 6) is 0.122. The highest BCUT2D eigenvalue weighted by Gasteiger charge is 2.24. The summed E-state index contributed by atoms with van der Waals surface area (Å²) in [6, 6.07) is 7.71. The van der Waals surface area contributed by atoms with E-state index in [0.29, 0.717) is 19.7 Å². The smallest absolute Gasteiger partial charge is 0.255 e. The zero-order valence-electron chi connectivity index (χ0n) is 9.86. The Labute approximate surface area is 115 Å². The molecule has 1 amide bonds. The van der Waals surface area contributed by atoms with E-state index in [2.05, 4.69) is 29.5 Å². The van der Waals surface area contributed by atoms with E-state index in [0.717, 1.165) is 15.6 Å². The van der Waals surface area contributed by atoms with Crippen molar-refractivity contribution in [2.24, 2.45) is 0 Å². The van der Waals surface area contributed by atoms with Crippen molar-refractivity contribution < 1.29 is 9.53 Å². The van der Waals surface area contributed by atoms with Gasteiger partial charge in [0.25, 0.3) is 5.91 Å². The molecule has 1 unspecified atom stereocenters. The number of nitrogens with zero attached hydrogens (tertiary/aromatic N) is 1. The van der Waals surface area contributed by atoms with Gasteiger partial charge >= 0.3 is 0 Å². The van der Waals surface area contributed by atoms with Gasteiger partial charge in [0.1, 0.15) is 0 Å². The summed E-state index contributed by atoms with van der Waals surface area (Å²) in [4.78, 5) is 14.2. The highest BCUT2D eigenvalue weighted by molar-refractivity contribution is 14.1. The molecule has 0 saturated carbocycles. The third-order valence-corrected chi connectivity index (χ3v) is 3.93. The van der Waals surface area contributed by atoms with Crippen LogP contribution in [0, 0.1) is 3.57 Å². The van der Waals surface area contributed by atoms with Crippen LogP contribution < -0.4 is 0 Å². The fourth-order valence-electron chi connectivity index (χ4n) is 1.96. The van der Waals surface area contributed by atoms with Gasteiger partial charge < -0.3 is 9.64 Å². The maximum absolute atomic E-state index is 12.3. The molecule has 0 N–H and O–H groups in total. The maximum atomic E-state index is 12.3. The molecule has 1 aromatic carbocycles. The van der Waals surface area contributed by atoms with Crippen molar-refractivity contribution in [3.05, 3.63) is 33.4 Å². The van der Waals surface area contributed by atoms with Crippen molar-refractivity contribution in [3.8, 4) is 0 Å². The van der Waals surface area contributed by atoms with Crippen molar-refractivity contribution in [1.29, 1.82) is 0 Å². The summed E-state index contributed by atoms with van der Waals surface area (Å²) in [5.41, 5.74) is 0.796.